The van der Waals surface area contributed by atoms with Gasteiger partial charge in [-0.25, -0.2) is 0 Å². The van der Waals surface area contributed by atoms with Crippen LogP contribution in [0.2, 0.25) is 0 Å². The fourth-order valence-corrected chi connectivity index (χ4v) is 2.84. The normalized spacial score (nSPS) is 20.2. The van der Waals surface area contributed by atoms with Crippen molar-refractivity contribution in [1.29, 1.82) is 0 Å². The van der Waals surface area contributed by atoms with Gasteiger partial charge in [-0.1, -0.05) is 37.6 Å². The van der Waals surface area contributed by atoms with Gasteiger partial charge < -0.3 is 15.2 Å². The molecule has 1 heterocycles. The maximum atomic E-state index is 6.46. The molecule has 3 heteroatoms. The van der Waals surface area contributed by atoms with Crippen molar-refractivity contribution in [3.63, 3.8) is 0 Å². The van der Waals surface area contributed by atoms with Gasteiger partial charge in [0, 0.05) is 33.2 Å². The molecule has 106 valence electrons. The zero-order valence-electron chi connectivity index (χ0n) is 12.0. The zero-order chi connectivity index (χ0) is 13.7. The minimum Gasteiger partial charge on any atom is -0.381 e. The summed E-state index contributed by atoms with van der Waals surface area (Å²) < 4.78 is 11.2. The van der Waals surface area contributed by atoms with Crippen molar-refractivity contribution >= 4 is 0 Å². The van der Waals surface area contributed by atoms with Crippen molar-refractivity contribution in [2.45, 2.75) is 44.2 Å². The van der Waals surface area contributed by atoms with Crippen LogP contribution in [0, 0.1) is 0 Å². The first-order valence-electron chi connectivity index (χ1n) is 7.19. The van der Waals surface area contributed by atoms with Crippen molar-refractivity contribution in [1.82, 2.24) is 0 Å². The second kappa shape index (κ2) is 6.51. The summed E-state index contributed by atoms with van der Waals surface area (Å²) in [6.45, 7) is 3.66. The third kappa shape index (κ3) is 3.16. The van der Waals surface area contributed by atoms with Crippen LogP contribution in [0.15, 0.2) is 24.3 Å². The largest absolute Gasteiger partial charge is 0.381 e. The Bertz CT molecular complexity index is 382. The first-order chi connectivity index (χ1) is 9.22. The van der Waals surface area contributed by atoms with Gasteiger partial charge in [-0.3, -0.25) is 0 Å². The molecule has 1 unspecified atom stereocenters. The Morgan fingerprint density at radius 1 is 1.26 bits per heavy atom. The number of aryl methyl sites for hydroxylation is 1. The molecule has 1 aliphatic rings. The van der Waals surface area contributed by atoms with Gasteiger partial charge in [-0.15, -0.1) is 0 Å². The van der Waals surface area contributed by atoms with E-state index in [-0.39, 0.29) is 11.6 Å². The van der Waals surface area contributed by atoms with Crippen LogP contribution < -0.4 is 5.73 Å². The van der Waals surface area contributed by atoms with Gasteiger partial charge in [0.15, 0.2) is 0 Å². The minimum atomic E-state index is -0.273. The van der Waals surface area contributed by atoms with Gasteiger partial charge in [0.25, 0.3) is 0 Å². The van der Waals surface area contributed by atoms with E-state index in [0.29, 0.717) is 0 Å². The van der Waals surface area contributed by atoms with Crippen LogP contribution in [-0.4, -0.2) is 25.9 Å². The van der Waals surface area contributed by atoms with Crippen LogP contribution in [0.5, 0.6) is 0 Å². The summed E-state index contributed by atoms with van der Waals surface area (Å²) in [7, 11) is 1.76. The molecule has 0 aromatic heterocycles. The molecule has 0 radical (unpaired) electrons. The predicted octanol–water partition coefficient (Wildman–Crippen LogP) is 2.83. The van der Waals surface area contributed by atoms with Crippen molar-refractivity contribution in [2.75, 3.05) is 20.3 Å². The molecule has 2 N–H and O–H groups in total. The average molecular weight is 263 g/mol. The lowest BCUT2D eigenvalue weighted by atomic mass is 9.82. The maximum absolute atomic E-state index is 6.46. The Balaban J connectivity index is 2.14. The molecule has 0 amide bonds. The molecule has 1 aromatic carbocycles. The number of rotatable bonds is 5. The van der Waals surface area contributed by atoms with Crippen molar-refractivity contribution < 1.29 is 9.47 Å². The Hall–Kier alpha value is -0.900. The number of methoxy groups -OCH3 is 1. The highest BCUT2D eigenvalue weighted by Gasteiger charge is 2.39. The maximum Gasteiger partial charge on any atom is 0.0914 e. The minimum absolute atomic E-state index is 0.0860. The molecule has 2 rings (SSSR count). The number of benzene rings is 1. The Morgan fingerprint density at radius 2 is 1.89 bits per heavy atom. The lowest BCUT2D eigenvalue weighted by Crippen LogP contribution is -2.47. The van der Waals surface area contributed by atoms with E-state index in [1.54, 1.807) is 7.11 Å². The first-order valence-corrected chi connectivity index (χ1v) is 7.19. The van der Waals surface area contributed by atoms with E-state index in [1.165, 1.54) is 12.0 Å². The second-order valence-electron chi connectivity index (χ2n) is 5.35. The van der Waals surface area contributed by atoms with E-state index in [1.807, 2.05) is 0 Å². The van der Waals surface area contributed by atoms with E-state index >= 15 is 0 Å². The molecule has 1 aliphatic heterocycles. The van der Waals surface area contributed by atoms with E-state index < -0.39 is 0 Å². The lowest BCUT2D eigenvalue weighted by molar-refractivity contribution is -0.105. The predicted molar refractivity (Wildman–Crippen MR) is 77.2 cm³/mol. The molecule has 1 aromatic rings. The first kappa shape index (κ1) is 14.5. The molecule has 0 aliphatic carbocycles. The summed E-state index contributed by atoms with van der Waals surface area (Å²) in [6.07, 6.45) is 4.02. The van der Waals surface area contributed by atoms with Crippen LogP contribution >= 0.6 is 0 Å². The second-order valence-corrected chi connectivity index (χ2v) is 5.35. The number of hydrogen-bond acceptors (Lipinski definition) is 3. The highest BCUT2D eigenvalue weighted by molar-refractivity contribution is 5.27. The molecule has 1 atom stereocenters. The summed E-state index contributed by atoms with van der Waals surface area (Å²) in [5.41, 5.74) is 8.71. The summed E-state index contributed by atoms with van der Waals surface area (Å²) in [4.78, 5) is 0. The van der Waals surface area contributed by atoms with Gasteiger partial charge in [-0.05, 0) is 17.5 Å². The summed E-state index contributed by atoms with van der Waals surface area (Å²) in [5, 5.41) is 0. The summed E-state index contributed by atoms with van der Waals surface area (Å²) in [6, 6.07) is 8.57. The number of ether oxygens (including phenoxy) is 2. The van der Waals surface area contributed by atoms with Crippen molar-refractivity contribution in [3.05, 3.63) is 35.4 Å². The van der Waals surface area contributed by atoms with Gasteiger partial charge in [0.1, 0.15) is 0 Å². The Morgan fingerprint density at radius 3 is 2.42 bits per heavy atom. The molecular weight excluding hydrogens is 238 g/mol. The van der Waals surface area contributed by atoms with E-state index in [9.17, 15) is 0 Å². The molecule has 3 nitrogen and oxygen atoms in total. The fraction of sp³-hybridized carbons (Fsp3) is 0.625. The average Bonchev–Trinajstić information content (AvgIpc) is 2.48. The highest BCUT2D eigenvalue weighted by atomic mass is 16.5. The van der Waals surface area contributed by atoms with Gasteiger partial charge in [0.2, 0.25) is 0 Å². The van der Waals surface area contributed by atoms with E-state index in [4.69, 9.17) is 15.2 Å². The molecule has 0 spiro atoms. The van der Waals surface area contributed by atoms with Crippen LogP contribution in [0.1, 0.15) is 43.4 Å². The van der Waals surface area contributed by atoms with Crippen LogP contribution in [0.4, 0.5) is 0 Å². The van der Waals surface area contributed by atoms with Crippen LogP contribution in [0.25, 0.3) is 0 Å². The molecule has 19 heavy (non-hydrogen) atoms. The topological polar surface area (TPSA) is 44.5 Å². The standard InChI is InChI=1S/C16H25NO2/c1-3-4-13-5-7-14(8-6-13)15(17)16(18-2)9-11-19-12-10-16/h5-8,15H,3-4,9-12,17H2,1-2H3. The zero-order valence-corrected chi connectivity index (χ0v) is 12.0. The van der Waals surface area contributed by atoms with Crippen molar-refractivity contribution in [3.8, 4) is 0 Å². The quantitative estimate of drug-likeness (QED) is 0.888. The SMILES string of the molecule is CCCc1ccc(C(N)C2(OC)CCOCC2)cc1. The Labute approximate surface area is 116 Å². The smallest absolute Gasteiger partial charge is 0.0914 e. The molecule has 1 saturated heterocycles. The third-order valence-corrected chi connectivity index (χ3v) is 4.19. The summed E-state index contributed by atoms with van der Waals surface area (Å²) in [5.74, 6) is 0. The molecule has 1 fully saturated rings. The molecule has 0 bridgehead atoms. The number of hydrogen-bond donors (Lipinski definition) is 1. The van der Waals surface area contributed by atoms with Gasteiger partial charge >= 0.3 is 0 Å². The van der Waals surface area contributed by atoms with Gasteiger partial charge in [0.05, 0.1) is 11.6 Å². The van der Waals surface area contributed by atoms with Crippen LogP contribution in [-0.2, 0) is 15.9 Å². The third-order valence-electron chi connectivity index (χ3n) is 4.19. The lowest BCUT2D eigenvalue weighted by Gasteiger charge is -2.40. The molecule has 0 saturated carbocycles. The fourth-order valence-electron chi connectivity index (χ4n) is 2.84. The van der Waals surface area contributed by atoms with Crippen molar-refractivity contribution in [2.24, 2.45) is 5.73 Å². The van der Waals surface area contributed by atoms with E-state index in [0.717, 1.165) is 38.0 Å². The Kier molecular flexibility index (Phi) is 4.97. The number of nitrogens with two attached hydrogens (primary N) is 1. The van der Waals surface area contributed by atoms with E-state index in [2.05, 4.69) is 31.2 Å². The van der Waals surface area contributed by atoms with Gasteiger partial charge in [-0.2, -0.15) is 0 Å². The molecular formula is C16H25NO2. The van der Waals surface area contributed by atoms with Crippen LogP contribution in [0.3, 0.4) is 0 Å². The monoisotopic (exact) mass is 263 g/mol. The summed E-state index contributed by atoms with van der Waals surface area (Å²) >= 11 is 0. The highest BCUT2D eigenvalue weighted by Crippen LogP contribution is 2.35.